The normalized spacial score (nSPS) is 14.5. The molecule has 0 radical (unpaired) electrons. The van der Waals surface area contributed by atoms with Crippen LogP contribution in [0.25, 0.3) is 0 Å². The van der Waals surface area contributed by atoms with Crippen molar-refractivity contribution in [1.29, 1.82) is 0 Å². The minimum atomic E-state index is -0.404. The molecule has 1 aromatic carbocycles. The number of benzene rings is 1. The lowest BCUT2D eigenvalue weighted by atomic mass is 10.2. The van der Waals surface area contributed by atoms with Crippen LogP contribution in [0.2, 0.25) is 0 Å². The molecule has 6 nitrogen and oxygen atoms in total. The van der Waals surface area contributed by atoms with Gasteiger partial charge in [-0.3, -0.25) is 10.1 Å². The lowest BCUT2D eigenvalue weighted by Gasteiger charge is -2.07. The number of rotatable bonds is 6. The molecular weight excluding hydrogens is 256 g/mol. The molecule has 1 aliphatic rings. The molecule has 7 heteroatoms. The van der Waals surface area contributed by atoms with Gasteiger partial charge in [0.15, 0.2) is 11.5 Å². The van der Waals surface area contributed by atoms with Crippen molar-refractivity contribution < 1.29 is 14.4 Å². The molecule has 1 atom stereocenters. The second-order valence-electron chi connectivity index (χ2n) is 3.98. The fraction of sp³-hybridized carbons (Fsp3) is 0.455. The third kappa shape index (κ3) is 3.51. The van der Waals surface area contributed by atoms with Crippen LogP contribution in [0.3, 0.4) is 0 Å². The first-order valence-electron chi connectivity index (χ1n) is 5.49. The summed E-state index contributed by atoms with van der Waals surface area (Å²) in [5.41, 5.74) is 6.72. The van der Waals surface area contributed by atoms with Crippen LogP contribution in [0, 0.1) is 10.1 Å². The highest BCUT2D eigenvalue weighted by molar-refractivity contribution is 7.98. The summed E-state index contributed by atoms with van der Waals surface area (Å²) in [7, 11) is 0. The minimum absolute atomic E-state index is 0.186. The zero-order chi connectivity index (χ0) is 13.0. The standard InChI is InChI=1S/C11H14N2O4S/c12-9(4-13(14)15)6-18-5-8-1-2-10-11(3-8)17-7-16-10/h1-3,9H,4-7,12H2. The maximum atomic E-state index is 10.3. The molecule has 1 aliphatic heterocycles. The fourth-order valence-corrected chi connectivity index (χ4v) is 2.54. The van der Waals surface area contributed by atoms with Gasteiger partial charge in [-0.15, -0.1) is 0 Å². The molecule has 98 valence electrons. The van der Waals surface area contributed by atoms with Crippen LogP contribution in [-0.2, 0) is 5.75 Å². The van der Waals surface area contributed by atoms with Gasteiger partial charge in [-0.1, -0.05) is 6.07 Å². The largest absolute Gasteiger partial charge is 0.454 e. The molecule has 2 rings (SSSR count). The number of nitro groups is 1. The maximum Gasteiger partial charge on any atom is 0.231 e. The van der Waals surface area contributed by atoms with Crippen LogP contribution >= 0.6 is 11.8 Å². The molecule has 1 heterocycles. The lowest BCUT2D eigenvalue weighted by Crippen LogP contribution is -2.31. The van der Waals surface area contributed by atoms with Gasteiger partial charge in [-0.25, -0.2) is 0 Å². The Kier molecular flexibility index (Phi) is 4.27. The van der Waals surface area contributed by atoms with E-state index in [2.05, 4.69) is 0 Å². The Labute approximate surface area is 109 Å². The molecule has 2 N–H and O–H groups in total. The quantitative estimate of drug-likeness (QED) is 0.618. The Bertz CT molecular complexity index is 441. The van der Waals surface area contributed by atoms with Crippen LogP contribution in [0.15, 0.2) is 18.2 Å². The molecule has 0 saturated heterocycles. The predicted octanol–water partition coefficient (Wildman–Crippen LogP) is 1.25. The Balaban J connectivity index is 1.78. The van der Waals surface area contributed by atoms with Crippen molar-refractivity contribution in [1.82, 2.24) is 0 Å². The predicted molar refractivity (Wildman–Crippen MR) is 68.6 cm³/mol. The molecule has 0 aromatic heterocycles. The number of ether oxygens (including phenoxy) is 2. The van der Waals surface area contributed by atoms with Crippen molar-refractivity contribution in [2.24, 2.45) is 5.73 Å². The van der Waals surface area contributed by atoms with Crippen molar-refractivity contribution in [2.75, 3.05) is 19.1 Å². The van der Waals surface area contributed by atoms with Gasteiger partial charge in [0.25, 0.3) is 0 Å². The number of hydrogen-bond acceptors (Lipinski definition) is 6. The van der Waals surface area contributed by atoms with Gasteiger partial charge in [0.1, 0.15) is 0 Å². The topological polar surface area (TPSA) is 87.6 Å². The third-order valence-corrected chi connectivity index (χ3v) is 3.62. The number of nitrogens with zero attached hydrogens (tertiary/aromatic N) is 1. The van der Waals surface area contributed by atoms with Crippen molar-refractivity contribution >= 4 is 11.8 Å². The van der Waals surface area contributed by atoms with Crippen LogP contribution in [0.1, 0.15) is 5.56 Å². The van der Waals surface area contributed by atoms with Crippen molar-refractivity contribution in [3.8, 4) is 11.5 Å². The number of hydrogen-bond donors (Lipinski definition) is 1. The lowest BCUT2D eigenvalue weighted by molar-refractivity contribution is -0.481. The molecule has 18 heavy (non-hydrogen) atoms. The summed E-state index contributed by atoms with van der Waals surface area (Å²) >= 11 is 1.58. The van der Waals surface area contributed by atoms with Crippen molar-refractivity contribution in [2.45, 2.75) is 11.8 Å². The molecule has 0 bridgehead atoms. The molecule has 1 unspecified atom stereocenters. The van der Waals surface area contributed by atoms with E-state index in [1.807, 2.05) is 18.2 Å². The van der Waals surface area contributed by atoms with Gasteiger partial charge in [0.05, 0.1) is 6.04 Å². The average Bonchev–Trinajstić information content (AvgIpc) is 2.75. The van der Waals surface area contributed by atoms with Gasteiger partial charge >= 0.3 is 0 Å². The molecule has 0 amide bonds. The van der Waals surface area contributed by atoms with Gasteiger partial charge in [-0.05, 0) is 17.7 Å². The van der Waals surface area contributed by atoms with E-state index in [9.17, 15) is 10.1 Å². The Morgan fingerprint density at radius 1 is 1.44 bits per heavy atom. The second kappa shape index (κ2) is 5.92. The van der Waals surface area contributed by atoms with Gasteiger partial charge in [0, 0.05) is 16.4 Å². The first kappa shape index (κ1) is 13.0. The number of thioether (sulfide) groups is 1. The summed E-state index contributed by atoms with van der Waals surface area (Å²) in [6.07, 6.45) is 0. The summed E-state index contributed by atoms with van der Waals surface area (Å²) in [4.78, 5) is 9.87. The van der Waals surface area contributed by atoms with Crippen molar-refractivity contribution in [3.05, 3.63) is 33.9 Å². The summed E-state index contributed by atoms with van der Waals surface area (Å²) in [6, 6.07) is 5.35. The molecule has 0 saturated carbocycles. The first-order chi connectivity index (χ1) is 8.65. The summed E-state index contributed by atoms with van der Waals surface area (Å²) in [6.45, 7) is 0.0772. The molecule has 0 spiro atoms. The minimum Gasteiger partial charge on any atom is -0.454 e. The smallest absolute Gasteiger partial charge is 0.231 e. The van der Waals surface area contributed by atoms with Crippen LogP contribution in [0.5, 0.6) is 11.5 Å². The van der Waals surface area contributed by atoms with Crippen LogP contribution in [-0.4, -0.2) is 30.1 Å². The Morgan fingerprint density at radius 2 is 2.22 bits per heavy atom. The van der Waals surface area contributed by atoms with Gasteiger partial charge < -0.3 is 15.2 Å². The van der Waals surface area contributed by atoms with E-state index in [1.54, 1.807) is 11.8 Å². The highest BCUT2D eigenvalue weighted by Gasteiger charge is 2.14. The fourth-order valence-electron chi connectivity index (χ4n) is 1.60. The van der Waals surface area contributed by atoms with Crippen LogP contribution in [0.4, 0.5) is 0 Å². The highest BCUT2D eigenvalue weighted by Crippen LogP contribution is 2.33. The van der Waals surface area contributed by atoms with E-state index in [-0.39, 0.29) is 18.3 Å². The number of fused-ring (bicyclic) bond motifs is 1. The van der Waals surface area contributed by atoms with E-state index >= 15 is 0 Å². The SMILES string of the molecule is NC(CSCc1ccc2c(c1)OCO2)C[N+](=O)[O-]. The van der Waals surface area contributed by atoms with E-state index in [0.717, 1.165) is 22.8 Å². The van der Waals surface area contributed by atoms with E-state index in [0.29, 0.717) is 5.75 Å². The van der Waals surface area contributed by atoms with E-state index in [4.69, 9.17) is 15.2 Å². The zero-order valence-electron chi connectivity index (χ0n) is 9.70. The van der Waals surface area contributed by atoms with Crippen molar-refractivity contribution in [3.63, 3.8) is 0 Å². The monoisotopic (exact) mass is 270 g/mol. The summed E-state index contributed by atoms with van der Waals surface area (Å²) < 4.78 is 10.5. The molecule has 1 aromatic rings. The average molecular weight is 270 g/mol. The molecule has 0 aliphatic carbocycles. The molecular formula is C11H14N2O4S. The van der Waals surface area contributed by atoms with Gasteiger partial charge in [0.2, 0.25) is 13.3 Å². The third-order valence-electron chi connectivity index (χ3n) is 2.42. The highest BCUT2D eigenvalue weighted by atomic mass is 32.2. The van der Waals surface area contributed by atoms with E-state index in [1.165, 1.54) is 0 Å². The Morgan fingerprint density at radius 3 is 3.00 bits per heavy atom. The zero-order valence-corrected chi connectivity index (χ0v) is 10.5. The Hall–Kier alpha value is -1.47. The summed E-state index contributed by atoms with van der Waals surface area (Å²) in [5.74, 6) is 2.83. The maximum absolute atomic E-state index is 10.3. The van der Waals surface area contributed by atoms with E-state index < -0.39 is 6.04 Å². The summed E-state index contributed by atoms with van der Waals surface area (Å²) in [5, 5.41) is 10.3. The molecule has 0 fully saturated rings. The first-order valence-corrected chi connectivity index (χ1v) is 6.64. The second-order valence-corrected chi connectivity index (χ2v) is 5.01. The van der Waals surface area contributed by atoms with Crippen LogP contribution < -0.4 is 15.2 Å². The number of nitrogens with two attached hydrogens (primary N) is 1. The van der Waals surface area contributed by atoms with Gasteiger partial charge in [-0.2, -0.15) is 11.8 Å².